The highest BCUT2D eigenvalue weighted by Gasteiger charge is 2.36. The Labute approximate surface area is 170 Å². The van der Waals surface area contributed by atoms with E-state index in [-0.39, 0.29) is 29.6 Å². The number of para-hydroxylation sites is 1. The van der Waals surface area contributed by atoms with Gasteiger partial charge in [-0.1, -0.05) is 25.5 Å². The number of aromatic nitrogens is 2. The van der Waals surface area contributed by atoms with E-state index in [2.05, 4.69) is 10.3 Å². The van der Waals surface area contributed by atoms with Gasteiger partial charge in [-0.25, -0.2) is 13.4 Å². The van der Waals surface area contributed by atoms with Crippen LogP contribution < -0.4 is 5.32 Å². The van der Waals surface area contributed by atoms with Crippen LogP contribution in [0.4, 0.5) is 0 Å². The minimum absolute atomic E-state index is 0.0680. The predicted molar refractivity (Wildman–Crippen MR) is 107 cm³/mol. The van der Waals surface area contributed by atoms with E-state index in [0.717, 1.165) is 17.1 Å². The molecule has 10 heteroatoms. The SMILES string of the molecule is CCCCN(C)C(=O)c1ncn2c1CN(CC(=O)NC)S(=O)(=O)c1ccccc1-2. The van der Waals surface area contributed by atoms with Crippen LogP contribution >= 0.6 is 0 Å². The molecule has 0 unspecified atom stereocenters. The zero-order chi connectivity index (χ0) is 21.2. The van der Waals surface area contributed by atoms with E-state index < -0.39 is 15.9 Å². The maximum atomic E-state index is 13.2. The monoisotopic (exact) mass is 419 g/mol. The molecule has 156 valence electrons. The Morgan fingerprint density at radius 3 is 2.69 bits per heavy atom. The molecule has 1 aliphatic rings. The lowest BCUT2D eigenvalue weighted by Gasteiger charge is -2.20. The molecule has 0 fully saturated rings. The van der Waals surface area contributed by atoms with Crippen LogP contribution in [-0.4, -0.2) is 66.2 Å². The molecular formula is C19H25N5O4S. The highest BCUT2D eigenvalue weighted by atomic mass is 32.2. The van der Waals surface area contributed by atoms with Crippen molar-refractivity contribution in [3.63, 3.8) is 0 Å². The van der Waals surface area contributed by atoms with Gasteiger partial charge in [0.05, 0.1) is 24.5 Å². The van der Waals surface area contributed by atoms with Crippen molar-refractivity contribution in [3.05, 3.63) is 42.0 Å². The number of nitrogens with zero attached hydrogens (tertiary/aromatic N) is 4. The van der Waals surface area contributed by atoms with Gasteiger partial charge in [0.1, 0.15) is 11.2 Å². The standard InChI is InChI=1S/C19H25N5O4S/c1-4-5-10-22(3)19(26)18-15-11-23(12-17(25)20-2)29(27,28)16-9-7-6-8-14(16)24(15)13-21-18/h6-9,13H,4-5,10-12H2,1-3H3,(H,20,25). The zero-order valence-corrected chi connectivity index (χ0v) is 17.6. The second-order valence-corrected chi connectivity index (χ2v) is 8.81. The van der Waals surface area contributed by atoms with Crippen LogP contribution in [0.25, 0.3) is 5.69 Å². The summed E-state index contributed by atoms with van der Waals surface area (Å²) in [6.45, 7) is 2.14. The van der Waals surface area contributed by atoms with Gasteiger partial charge in [0, 0.05) is 20.6 Å². The van der Waals surface area contributed by atoms with Crippen LogP contribution in [0.3, 0.4) is 0 Å². The highest BCUT2D eigenvalue weighted by Crippen LogP contribution is 2.31. The fourth-order valence-electron chi connectivity index (χ4n) is 3.23. The maximum absolute atomic E-state index is 13.2. The first kappa shape index (κ1) is 21.0. The minimum Gasteiger partial charge on any atom is -0.358 e. The summed E-state index contributed by atoms with van der Waals surface area (Å²) in [5.74, 6) is -0.712. The Balaban J connectivity index is 2.12. The molecule has 3 rings (SSSR count). The van der Waals surface area contributed by atoms with Crippen molar-refractivity contribution >= 4 is 21.8 Å². The van der Waals surface area contributed by atoms with Gasteiger partial charge in [-0.15, -0.1) is 0 Å². The second-order valence-electron chi connectivity index (χ2n) is 6.90. The zero-order valence-electron chi connectivity index (χ0n) is 16.8. The molecule has 1 aliphatic heterocycles. The highest BCUT2D eigenvalue weighted by molar-refractivity contribution is 7.89. The quantitative estimate of drug-likeness (QED) is 0.752. The maximum Gasteiger partial charge on any atom is 0.274 e. The minimum atomic E-state index is -3.94. The number of fused-ring (bicyclic) bond motifs is 3. The van der Waals surface area contributed by atoms with Crippen molar-refractivity contribution in [2.75, 3.05) is 27.2 Å². The number of nitrogens with one attached hydrogen (secondary N) is 1. The molecule has 1 aromatic carbocycles. The van der Waals surface area contributed by atoms with Crippen molar-refractivity contribution < 1.29 is 18.0 Å². The van der Waals surface area contributed by atoms with Gasteiger partial charge in [-0.3, -0.25) is 14.2 Å². The Bertz CT molecular complexity index is 1030. The van der Waals surface area contributed by atoms with Crippen LogP contribution in [0.1, 0.15) is 35.9 Å². The van der Waals surface area contributed by atoms with Crippen LogP contribution in [-0.2, 0) is 21.4 Å². The first-order chi connectivity index (χ1) is 13.8. The van der Waals surface area contributed by atoms with E-state index in [9.17, 15) is 18.0 Å². The Morgan fingerprint density at radius 1 is 1.28 bits per heavy atom. The number of sulfonamides is 1. The number of likely N-dealkylation sites (N-methyl/N-ethyl adjacent to an activating group) is 1. The number of amides is 2. The molecule has 1 aromatic heterocycles. The average molecular weight is 420 g/mol. The summed E-state index contributed by atoms with van der Waals surface area (Å²) >= 11 is 0. The summed E-state index contributed by atoms with van der Waals surface area (Å²) in [6, 6.07) is 6.50. The van der Waals surface area contributed by atoms with E-state index in [4.69, 9.17) is 0 Å². The van der Waals surface area contributed by atoms with E-state index in [0.29, 0.717) is 17.9 Å². The molecule has 0 atom stereocenters. The van der Waals surface area contributed by atoms with E-state index >= 15 is 0 Å². The summed E-state index contributed by atoms with van der Waals surface area (Å²) in [7, 11) is -0.791. The van der Waals surface area contributed by atoms with Gasteiger partial charge in [0.2, 0.25) is 15.9 Å². The summed E-state index contributed by atoms with van der Waals surface area (Å²) in [5.41, 5.74) is 1.04. The number of hydrogen-bond acceptors (Lipinski definition) is 5. The molecule has 9 nitrogen and oxygen atoms in total. The first-order valence-corrected chi connectivity index (χ1v) is 10.9. The van der Waals surface area contributed by atoms with E-state index in [1.165, 1.54) is 19.4 Å². The van der Waals surface area contributed by atoms with Crippen LogP contribution in [0, 0.1) is 0 Å². The van der Waals surface area contributed by atoms with Crippen LogP contribution in [0.5, 0.6) is 0 Å². The molecule has 0 bridgehead atoms. The van der Waals surface area contributed by atoms with E-state index in [1.54, 1.807) is 34.7 Å². The molecule has 2 heterocycles. The molecule has 0 saturated heterocycles. The number of carbonyl (C=O) groups excluding carboxylic acids is 2. The third-order valence-electron chi connectivity index (χ3n) is 4.93. The molecule has 1 N–H and O–H groups in total. The number of benzene rings is 1. The van der Waals surface area contributed by atoms with Gasteiger partial charge in [-0.2, -0.15) is 4.31 Å². The van der Waals surface area contributed by atoms with Crippen molar-refractivity contribution in [3.8, 4) is 5.69 Å². The normalized spacial score (nSPS) is 15.1. The largest absolute Gasteiger partial charge is 0.358 e. The fourth-order valence-corrected chi connectivity index (χ4v) is 4.77. The Kier molecular flexibility index (Phi) is 6.04. The summed E-state index contributed by atoms with van der Waals surface area (Å²) in [5, 5.41) is 2.45. The number of carbonyl (C=O) groups is 2. The van der Waals surface area contributed by atoms with Gasteiger partial charge < -0.3 is 10.2 Å². The van der Waals surface area contributed by atoms with Crippen molar-refractivity contribution in [2.45, 2.75) is 31.2 Å². The van der Waals surface area contributed by atoms with Crippen LogP contribution in [0.2, 0.25) is 0 Å². The molecular weight excluding hydrogens is 394 g/mol. The Hall–Kier alpha value is -2.72. The van der Waals surface area contributed by atoms with Crippen molar-refractivity contribution in [2.24, 2.45) is 0 Å². The number of hydrogen-bond donors (Lipinski definition) is 1. The number of rotatable bonds is 6. The van der Waals surface area contributed by atoms with Crippen LogP contribution in [0.15, 0.2) is 35.5 Å². The third-order valence-corrected chi connectivity index (χ3v) is 6.77. The molecule has 0 aliphatic carbocycles. The van der Waals surface area contributed by atoms with Gasteiger partial charge in [0.15, 0.2) is 5.69 Å². The fraction of sp³-hybridized carbons (Fsp3) is 0.421. The summed E-state index contributed by atoms with van der Waals surface area (Å²) in [6.07, 6.45) is 3.27. The number of unbranched alkanes of at least 4 members (excludes halogenated alkanes) is 1. The molecule has 29 heavy (non-hydrogen) atoms. The molecule has 2 amide bonds. The summed E-state index contributed by atoms with van der Waals surface area (Å²) < 4.78 is 29.1. The van der Waals surface area contributed by atoms with Gasteiger partial charge >= 0.3 is 0 Å². The number of imidazole rings is 1. The molecule has 0 spiro atoms. The van der Waals surface area contributed by atoms with Crippen molar-refractivity contribution in [1.29, 1.82) is 0 Å². The molecule has 2 aromatic rings. The second kappa shape index (κ2) is 8.34. The first-order valence-electron chi connectivity index (χ1n) is 9.43. The average Bonchev–Trinajstić information content (AvgIpc) is 3.10. The lowest BCUT2D eigenvalue weighted by molar-refractivity contribution is -0.120. The lowest BCUT2D eigenvalue weighted by Crippen LogP contribution is -2.39. The topological polar surface area (TPSA) is 105 Å². The molecule has 0 saturated carbocycles. The lowest BCUT2D eigenvalue weighted by atomic mass is 10.2. The Morgan fingerprint density at radius 2 is 2.00 bits per heavy atom. The van der Waals surface area contributed by atoms with E-state index in [1.807, 2.05) is 6.92 Å². The third kappa shape index (κ3) is 3.90. The molecule has 0 radical (unpaired) electrons. The van der Waals surface area contributed by atoms with Gasteiger partial charge in [-0.05, 0) is 18.6 Å². The predicted octanol–water partition coefficient (Wildman–Crippen LogP) is 0.995. The van der Waals surface area contributed by atoms with Gasteiger partial charge in [0.25, 0.3) is 5.91 Å². The summed E-state index contributed by atoms with van der Waals surface area (Å²) in [4.78, 5) is 30.9. The van der Waals surface area contributed by atoms with Crippen molar-refractivity contribution in [1.82, 2.24) is 24.1 Å². The smallest absolute Gasteiger partial charge is 0.274 e.